The number of hydrogen-bond acceptors (Lipinski definition) is 6. The lowest BCUT2D eigenvalue weighted by atomic mass is 10.1. The molecule has 158 valence electrons. The minimum Gasteiger partial charge on any atom is -0.492 e. The fourth-order valence-corrected chi connectivity index (χ4v) is 3.23. The Labute approximate surface area is 179 Å². The van der Waals surface area contributed by atoms with Crippen molar-refractivity contribution in [2.45, 2.75) is 25.9 Å². The summed E-state index contributed by atoms with van der Waals surface area (Å²) >= 11 is 0. The highest BCUT2D eigenvalue weighted by molar-refractivity contribution is 5.94. The van der Waals surface area contributed by atoms with E-state index < -0.39 is 6.04 Å². The van der Waals surface area contributed by atoms with E-state index in [2.05, 4.69) is 25.9 Å². The van der Waals surface area contributed by atoms with Gasteiger partial charge in [0.2, 0.25) is 5.91 Å². The lowest BCUT2D eigenvalue weighted by Gasteiger charge is -2.18. The lowest BCUT2D eigenvalue weighted by molar-refractivity contribution is -0.119. The Balaban J connectivity index is 1.44. The molecule has 0 saturated carbocycles. The number of nitrogens with one attached hydrogen (secondary N) is 1. The van der Waals surface area contributed by atoms with E-state index in [9.17, 15) is 4.79 Å². The van der Waals surface area contributed by atoms with Crippen LogP contribution in [0, 0.1) is 6.92 Å². The second kappa shape index (κ2) is 9.66. The van der Waals surface area contributed by atoms with Crippen molar-refractivity contribution in [3.63, 3.8) is 0 Å². The number of ether oxygens (including phenoxy) is 1. The zero-order valence-corrected chi connectivity index (χ0v) is 17.1. The molecular weight excluding hydrogens is 394 g/mol. The Kier molecular flexibility index (Phi) is 6.32. The third-order valence-corrected chi connectivity index (χ3v) is 4.78. The van der Waals surface area contributed by atoms with Crippen molar-refractivity contribution in [3.8, 4) is 5.75 Å². The van der Waals surface area contributed by atoms with Gasteiger partial charge < -0.3 is 10.1 Å². The number of carbonyl (C=O) groups is 1. The SMILES string of the molecule is Cc1nnnn1C(Cc1ccccc1)C(=O)Nc1cccc(OCCn2cccn2)c1. The number of amides is 1. The normalized spacial score (nSPS) is 11.8. The largest absolute Gasteiger partial charge is 0.492 e. The van der Waals surface area contributed by atoms with Gasteiger partial charge in [0.15, 0.2) is 0 Å². The van der Waals surface area contributed by atoms with E-state index >= 15 is 0 Å². The van der Waals surface area contributed by atoms with Gasteiger partial charge in [0, 0.05) is 30.6 Å². The summed E-state index contributed by atoms with van der Waals surface area (Å²) in [5, 5.41) is 18.8. The monoisotopic (exact) mass is 417 g/mol. The molecule has 0 aliphatic heterocycles. The molecule has 0 aliphatic rings. The molecule has 1 unspecified atom stereocenters. The molecule has 31 heavy (non-hydrogen) atoms. The number of rotatable bonds is 9. The Bertz CT molecular complexity index is 1110. The molecule has 1 atom stereocenters. The van der Waals surface area contributed by atoms with Crippen LogP contribution in [0.25, 0.3) is 0 Å². The molecule has 0 aliphatic carbocycles. The maximum atomic E-state index is 13.2. The van der Waals surface area contributed by atoms with Gasteiger partial charge in [-0.2, -0.15) is 5.10 Å². The molecule has 2 aromatic carbocycles. The van der Waals surface area contributed by atoms with Crippen molar-refractivity contribution in [3.05, 3.63) is 84.4 Å². The van der Waals surface area contributed by atoms with Gasteiger partial charge in [-0.15, -0.1) is 5.10 Å². The summed E-state index contributed by atoms with van der Waals surface area (Å²) in [7, 11) is 0. The van der Waals surface area contributed by atoms with Gasteiger partial charge in [0.05, 0.1) is 6.54 Å². The van der Waals surface area contributed by atoms with E-state index in [1.54, 1.807) is 28.6 Å². The lowest BCUT2D eigenvalue weighted by Crippen LogP contribution is -2.29. The van der Waals surface area contributed by atoms with Gasteiger partial charge in [-0.25, -0.2) is 4.68 Å². The Hall–Kier alpha value is -4.01. The predicted molar refractivity (Wildman–Crippen MR) is 115 cm³/mol. The zero-order chi connectivity index (χ0) is 21.5. The highest BCUT2D eigenvalue weighted by Crippen LogP contribution is 2.21. The van der Waals surface area contributed by atoms with Crippen LogP contribution < -0.4 is 10.1 Å². The Morgan fingerprint density at radius 1 is 1.13 bits per heavy atom. The van der Waals surface area contributed by atoms with Gasteiger partial charge >= 0.3 is 0 Å². The van der Waals surface area contributed by atoms with E-state index in [-0.39, 0.29) is 5.91 Å². The van der Waals surface area contributed by atoms with Gasteiger partial charge in [-0.3, -0.25) is 9.48 Å². The molecule has 1 amide bonds. The number of anilines is 1. The fraction of sp³-hybridized carbons (Fsp3) is 0.227. The van der Waals surface area contributed by atoms with Gasteiger partial charge in [-0.05, 0) is 41.1 Å². The van der Waals surface area contributed by atoms with Crippen LogP contribution in [0.2, 0.25) is 0 Å². The number of nitrogens with zero attached hydrogens (tertiary/aromatic N) is 6. The minimum absolute atomic E-state index is 0.201. The van der Waals surface area contributed by atoms with Crippen molar-refractivity contribution in [2.75, 3.05) is 11.9 Å². The Morgan fingerprint density at radius 3 is 2.74 bits per heavy atom. The summed E-state index contributed by atoms with van der Waals surface area (Å²) in [5.41, 5.74) is 1.67. The molecule has 0 radical (unpaired) electrons. The molecule has 2 aromatic heterocycles. The number of tetrazole rings is 1. The zero-order valence-electron chi connectivity index (χ0n) is 17.1. The van der Waals surface area contributed by atoms with Crippen molar-refractivity contribution in [1.29, 1.82) is 0 Å². The summed E-state index contributed by atoms with van der Waals surface area (Å²) in [4.78, 5) is 13.2. The van der Waals surface area contributed by atoms with E-state index in [0.29, 0.717) is 36.8 Å². The summed E-state index contributed by atoms with van der Waals surface area (Å²) in [6.07, 6.45) is 4.08. The molecule has 2 heterocycles. The van der Waals surface area contributed by atoms with Crippen molar-refractivity contribution in [1.82, 2.24) is 30.0 Å². The van der Waals surface area contributed by atoms with Crippen LogP contribution >= 0.6 is 0 Å². The molecule has 4 aromatic rings. The third-order valence-electron chi connectivity index (χ3n) is 4.78. The first-order chi connectivity index (χ1) is 15.2. The summed E-state index contributed by atoms with van der Waals surface area (Å²) in [6, 6.07) is 18.4. The van der Waals surface area contributed by atoms with Gasteiger partial charge in [0.1, 0.15) is 24.2 Å². The molecule has 9 nitrogen and oxygen atoms in total. The molecule has 4 rings (SSSR count). The predicted octanol–water partition coefficient (Wildman–Crippen LogP) is 2.68. The first-order valence-electron chi connectivity index (χ1n) is 9.98. The topological polar surface area (TPSA) is 99.8 Å². The second-order valence-corrected chi connectivity index (χ2v) is 7.01. The first kappa shape index (κ1) is 20.3. The maximum Gasteiger partial charge on any atom is 0.249 e. The molecule has 1 N–H and O–H groups in total. The minimum atomic E-state index is -0.582. The van der Waals surface area contributed by atoms with Crippen LogP contribution in [0.5, 0.6) is 5.75 Å². The summed E-state index contributed by atoms with van der Waals surface area (Å²) in [6.45, 7) is 2.89. The summed E-state index contributed by atoms with van der Waals surface area (Å²) < 4.78 is 9.15. The quantitative estimate of drug-likeness (QED) is 0.449. The Morgan fingerprint density at radius 2 is 2.00 bits per heavy atom. The van der Waals surface area contributed by atoms with E-state index in [1.165, 1.54) is 0 Å². The number of hydrogen-bond donors (Lipinski definition) is 1. The molecule has 9 heteroatoms. The van der Waals surface area contributed by atoms with E-state index in [4.69, 9.17) is 4.74 Å². The van der Waals surface area contributed by atoms with Gasteiger partial charge in [0.25, 0.3) is 0 Å². The molecule has 0 spiro atoms. The highest BCUT2D eigenvalue weighted by Gasteiger charge is 2.24. The third kappa shape index (κ3) is 5.33. The smallest absolute Gasteiger partial charge is 0.249 e. The van der Waals surface area contributed by atoms with Gasteiger partial charge in [-0.1, -0.05) is 36.4 Å². The van der Waals surface area contributed by atoms with Crippen LogP contribution in [0.1, 0.15) is 17.4 Å². The van der Waals surface area contributed by atoms with Crippen LogP contribution in [0.15, 0.2) is 73.1 Å². The van der Waals surface area contributed by atoms with E-state index in [1.807, 2.05) is 60.8 Å². The standard InChI is InChI=1S/C22H23N7O2/c1-17-25-26-27-29(17)21(15-18-7-3-2-4-8-18)22(30)24-19-9-5-10-20(16-19)31-14-13-28-12-6-11-23-28/h2-12,16,21H,13-15H2,1H3,(H,24,30). The number of aryl methyl sites for hydroxylation is 1. The average molecular weight is 417 g/mol. The average Bonchev–Trinajstić information content (AvgIpc) is 3.45. The highest BCUT2D eigenvalue weighted by atomic mass is 16.5. The molecule has 0 fully saturated rings. The number of benzene rings is 2. The number of carbonyl (C=O) groups excluding carboxylic acids is 1. The van der Waals surface area contributed by atoms with Crippen LogP contribution in [0.4, 0.5) is 5.69 Å². The second-order valence-electron chi connectivity index (χ2n) is 7.01. The van der Waals surface area contributed by atoms with Crippen molar-refractivity contribution in [2.24, 2.45) is 0 Å². The number of aromatic nitrogens is 6. The van der Waals surface area contributed by atoms with Crippen LogP contribution in [-0.4, -0.2) is 42.5 Å². The molecule has 0 saturated heterocycles. The molecule has 0 bridgehead atoms. The van der Waals surface area contributed by atoms with Crippen LogP contribution in [0.3, 0.4) is 0 Å². The fourth-order valence-electron chi connectivity index (χ4n) is 3.23. The molecular formula is C22H23N7O2. The maximum absolute atomic E-state index is 13.2. The van der Waals surface area contributed by atoms with Crippen molar-refractivity contribution >= 4 is 11.6 Å². The summed E-state index contributed by atoms with van der Waals surface area (Å²) in [5.74, 6) is 1.04. The first-order valence-corrected chi connectivity index (χ1v) is 9.98. The van der Waals surface area contributed by atoms with E-state index in [0.717, 1.165) is 5.56 Å². The van der Waals surface area contributed by atoms with Crippen molar-refractivity contribution < 1.29 is 9.53 Å². The van der Waals surface area contributed by atoms with Crippen LogP contribution in [-0.2, 0) is 17.8 Å².